The van der Waals surface area contributed by atoms with Crippen LogP contribution in [0, 0.1) is 0 Å². The number of hydrazine groups is 1. The molecule has 1 aliphatic heterocycles. The van der Waals surface area contributed by atoms with E-state index >= 15 is 0 Å². The molecule has 0 radical (unpaired) electrons. The van der Waals surface area contributed by atoms with Gasteiger partial charge in [0.2, 0.25) is 0 Å². The van der Waals surface area contributed by atoms with Crippen molar-refractivity contribution in [3.05, 3.63) is 29.8 Å². The fourth-order valence-corrected chi connectivity index (χ4v) is 2.70. The maximum atomic E-state index is 12.8. The second-order valence-corrected chi connectivity index (χ2v) is 5.73. The van der Waals surface area contributed by atoms with Crippen molar-refractivity contribution in [2.45, 2.75) is 23.9 Å². The molecular weight excluding hydrogens is 335 g/mol. The molecular formula is C13H14F3N3O3S. The SMILES string of the molecule is O=C(NNc1ccccc1C(F)(F)F)[C@@H]1C[C@H](S)CN1C(=O)O. The largest absolute Gasteiger partial charge is 0.465 e. The highest BCUT2D eigenvalue weighted by molar-refractivity contribution is 7.81. The average molecular weight is 349 g/mol. The highest BCUT2D eigenvalue weighted by atomic mass is 32.1. The van der Waals surface area contributed by atoms with E-state index in [1.807, 2.05) is 0 Å². The summed E-state index contributed by atoms with van der Waals surface area (Å²) in [6.45, 7) is 0.0790. The summed E-state index contributed by atoms with van der Waals surface area (Å²) in [5.74, 6) is -0.735. The topological polar surface area (TPSA) is 81.7 Å². The number of carboxylic acid groups (broad SMARTS) is 1. The number of benzene rings is 1. The second-order valence-electron chi connectivity index (χ2n) is 5.00. The lowest BCUT2D eigenvalue weighted by Crippen LogP contribution is -2.47. The Balaban J connectivity index is 2.07. The normalized spacial score (nSPS) is 21.1. The number of anilines is 1. The van der Waals surface area contributed by atoms with Gasteiger partial charge in [-0.15, -0.1) is 0 Å². The van der Waals surface area contributed by atoms with Gasteiger partial charge in [-0.05, 0) is 18.6 Å². The lowest BCUT2D eigenvalue weighted by molar-refractivity contribution is -0.137. The molecule has 0 bridgehead atoms. The maximum absolute atomic E-state index is 12.8. The Bertz CT molecular complexity index is 612. The zero-order valence-electron chi connectivity index (χ0n) is 11.7. The smallest absolute Gasteiger partial charge is 0.418 e. The number of likely N-dealkylation sites (tertiary alicyclic amines) is 1. The molecule has 6 nitrogen and oxygen atoms in total. The maximum Gasteiger partial charge on any atom is 0.418 e. The highest BCUT2D eigenvalue weighted by Crippen LogP contribution is 2.34. The quantitative estimate of drug-likeness (QED) is 0.498. The molecule has 1 aromatic carbocycles. The number of amides is 2. The van der Waals surface area contributed by atoms with E-state index in [-0.39, 0.29) is 23.9 Å². The third-order valence-corrected chi connectivity index (χ3v) is 3.75. The van der Waals surface area contributed by atoms with Crippen LogP contribution in [0.4, 0.5) is 23.7 Å². The highest BCUT2D eigenvalue weighted by Gasteiger charge is 2.39. The van der Waals surface area contributed by atoms with Crippen LogP contribution >= 0.6 is 12.6 Å². The van der Waals surface area contributed by atoms with E-state index in [4.69, 9.17) is 5.11 Å². The number of hydrogen-bond acceptors (Lipinski definition) is 4. The number of hydrogen-bond donors (Lipinski definition) is 4. The molecule has 0 unspecified atom stereocenters. The molecule has 1 fully saturated rings. The predicted molar refractivity (Wildman–Crippen MR) is 79.1 cm³/mol. The molecule has 1 aromatic rings. The fraction of sp³-hybridized carbons (Fsp3) is 0.385. The van der Waals surface area contributed by atoms with Crippen molar-refractivity contribution in [3.63, 3.8) is 0 Å². The number of nitrogens with zero attached hydrogens (tertiary/aromatic N) is 1. The second kappa shape index (κ2) is 6.57. The van der Waals surface area contributed by atoms with E-state index in [1.54, 1.807) is 0 Å². The minimum Gasteiger partial charge on any atom is -0.465 e. The van der Waals surface area contributed by atoms with Crippen molar-refractivity contribution in [2.75, 3.05) is 12.0 Å². The van der Waals surface area contributed by atoms with Crippen molar-refractivity contribution in [1.29, 1.82) is 0 Å². The summed E-state index contributed by atoms with van der Waals surface area (Å²) in [6.07, 6.45) is -5.67. The summed E-state index contributed by atoms with van der Waals surface area (Å²) >= 11 is 4.14. The van der Waals surface area contributed by atoms with Gasteiger partial charge in [0, 0.05) is 11.8 Å². The average Bonchev–Trinajstić information content (AvgIpc) is 2.86. The third kappa shape index (κ3) is 4.01. The number of carbonyl (C=O) groups excluding carboxylic acids is 1. The predicted octanol–water partition coefficient (Wildman–Crippen LogP) is 2.20. The molecule has 2 atom stereocenters. The molecule has 0 spiro atoms. The van der Waals surface area contributed by atoms with Crippen LogP contribution in [0.3, 0.4) is 0 Å². The van der Waals surface area contributed by atoms with Crippen molar-refractivity contribution in [1.82, 2.24) is 10.3 Å². The molecule has 23 heavy (non-hydrogen) atoms. The van der Waals surface area contributed by atoms with Crippen LogP contribution < -0.4 is 10.9 Å². The molecule has 1 saturated heterocycles. The van der Waals surface area contributed by atoms with E-state index in [2.05, 4.69) is 23.5 Å². The van der Waals surface area contributed by atoms with Crippen molar-refractivity contribution in [2.24, 2.45) is 0 Å². The zero-order chi connectivity index (χ0) is 17.2. The Morgan fingerprint density at radius 2 is 1.96 bits per heavy atom. The van der Waals surface area contributed by atoms with Gasteiger partial charge in [0.05, 0.1) is 11.3 Å². The van der Waals surface area contributed by atoms with Crippen LogP contribution in [0.25, 0.3) is 0 Å². The number of rotatable bonds is 3. The van der Waals surface area contributed by atoms with E-state index < -0.39 is 29.8 Å². The molecule has 3 N–H and O–H groups in total. The number of carbonyl (C=O) groups is 2. The summed E-state index contributed by atoms with van der Waals surface area (Å²) in [4.78, 5) is 24.0. The molecule has 126 valence electrons. The van der Waals surface area contributed by atoms with Gasteiger partial charge in [0.15, 0.2) is 0 Å². The lowest BCUT2D eigenvalue weighted by atomic mass is 10.2. The van der Waals surface area contributed by atoms with Gasteiger partial charge in [-0.1, -0.05) is 12.1 Å². The molecule has 2 rings (SSSR count). The van der Waals surface area contributed by atoms with Gasteiger partial charge >= 0.3 is 12.3 Å². The van der Waals surface area contributed by atoms with Crippen molar-refractivity contribution < 1.29 is 27.9 Å². The lowest BCUT2D eigenvalue weighted by Gasteiger charge is -2.21. The molecule has 0 aliphatic carbocycles. The standard InChI is InChI=1S/C13H14F3N3O3S/c14-13(15,16)8-3-1-2-4-9(8)17-18-11(20)10-5-7(23)6-19(10)12(21)22/h1-4,7,10,17,23H,5-6H2,(H,18,20)(H,21,22)/t7-,10-/m0/s1. The molecule has 2 amide bonds. The number of alkyl halides is 3. The van der Waals surface area contributed by atoms with E-state index in [9.17, 15) is 22.8 Å². The molecule has 10 heteroatoms. The van der Waals surface area contributed by atoms with E-state index in [0.29, 0.717) is 0 Å². The first-order valence-electron chi connectivity index (χ1n) is 6.60. The Kier molecular flexibility index (Phi) is 4.93. The Labute approximate surface area is 135 Å². The van der Waals surface area contributed by atoms with Crippen LogP contribution in [-0.2, 0) is 11.0 Å². The fourth-order valence-electron chi connectivity index (χ4n) is 2.33. The molecule has 0 saturated carbocycles. The Morgan fingerprint density at radius 3 is 2.57 bits per heavy atom. The minimum absolute atomic E-state index is 0.0790. The van der Waals surface area contributed by atoms with Crippen molar-refractivity contribution >= 4 is 30.3 Å². The monoisotopic (exact) mass is 349 g/mol. The first-order chi connectivity index (χ1) is 10.7. The summed E-state index contributed by atoms with van der Waals surface area (Å²) in [5, 5.41) is 8.73. The molecule has 1 heterocycles. The van der Waals surface area contributed by atoms with Gasteiger partial charge < -0.3 is 5.11 Å². The number of thiol groups is 1. The van der Waals surface area contributed by atoms with Crippen molar-refractivity contribution in [3.8, 4) is 0 Å². The molecule has 1 aliphatic rings. The third-order valence-electron chi connectivity index (χ3n) is 3.38. The zero-order valence-corrected chi connectivity index (χ0v) is 12.6. The summed E-state index contributed by atoms with van der Waals surface area (Å²) in [5.41, 5.74) is 3.08. The van der Waals surface area contributed by atoms with Crippen LogP contribution in [-0.4, -0.2) is 39.8 Å². The van der Waals surface area contributed by atoms with Gasteiger partial charge in [0.25, 0.3) is 5.91 Å². The summed E-state index contributed by atoms with van der Waals surface area (Å²) in [7, 11) is 0. The number of halogens is 3. The minimum atomic E-state index is -4.58. The Hall–Kier alpha value is -2.10. The summed E-state index contributed by atoms with van der Waals surface area (Å²) in [6, 6.07) is 3.64. The first kappa shape index (κ1) is 17.3. The van der Waals surface area contributed by atoms with Gasteiger partial charge in [-0.2, -0.15) is 25.8 Å². The molecule has 0 aromatic heterocycles. The van der Waals surface area contributed by atoms with Crippen LogP contribution in [0.5, 0.6) is 0 Å². The van der Waals surface area contributed by atoms with Crippen LogP contribution in [0.2, 0.25) is 0 Å². The van der Waals surface area contributed by atoms with Gasteiger partial charge in [-0.25, -0.2) is 4.79 Å². The van der Waals surface area contributed by atoms with E-state index in [1.165, 1.54) is 12.1 Å². The Morgan fingerprint density at radius 1 is 1.30 bits per heavy atom. The van der Waals surface area contributed by atoms with Gasteiger partial charge in [0.1, 0.15) is 6.04 Å². The van der Waals surface area contributed by atoms with Crippen LogP contribution in [0.15, 0.2) is 24.3 Å². The van der Waals surface area contributed by atoms with Gasteiger partial charge in [-0.3, -0.25) is 20.5 Å². The first-order valence-corrected chi connectivity index (χ1v) is 7.11. The van der Waals surface area contributed by atoms with Crippen LogP contribution in [0.1, 0.15) is 12.0 Å². The summed E-state index contributed by atoms with van der Waals surface area (Å²) < 4.78 is 38.5. The van der Waals surface area contributed by atoms with E-state index in [0.717, 1.165) is 17.0 Å². The number of nitrogens with one attached hydrogen (secondary N) is 2. The number of para-hydroxylation sites is 1.